The average Bonchev–Trinajstić information content (AvgIpc) is 2.33. The summed E-state index contributed by atoms with van der Waals surface area (Å²) in [5, 5.41) is 18.6. The minimum Gasteiger partial charge on any atom is -0.396 e. The second kappa shape index (κ2) is 8.97. The molecule has 0 amide bonds. The molecule has 2 N–H and O–H groups in total. The Hall–Kier alpha value is -0.120. The lowest BCUT2D eigenvalue weighted by molar-refractivity contribution is 0.0575. The van der Waals surface area contributed by atoms with E-state index in [4.69, 9.17) is 5.11 Å². The van der Waals surface area contributed by atoms with Gasteiger partial charge in [-0.25, -0.2) is 0 Å². The van der Waals surface area contributed by atoms with Crippen molar-refractivity contribution >= 4 is 0 Å². The van der Waals surface area contributed by atoms with Crippen LogP contribution in [-0.2, 0) is 0 Å². The number of unbranched alkanes of at least 4 members (excludes halogenated alkanes) is 1. The molecule has 0 aliphatic rings. The predicted molar refractivity (Wildman–Crippen MR) is 68.5 cm³/mol. The van der Waals surface area contributed by atoms with Gasteiger partial charge in [0, 0.05) is 25.1 Å². The number of hydrogen-bond donors (Lipinski definition) is 2. The van der Waals surface area contributed by atoms with Crippen molar-refractivity contribution in [1.82, 2.24) is 4.90 Å². The molecule has 0 aromatic rings. The fourth-order valence-corrected chi connectivity index (χ4v) is 2.01. The van der Waals surface area contributed by atoms with E-state index in [9.17, 15) is 5.11 Å². The molecule has 0 aliphatic heterocycles. The summed E-state index contributed by atoms with van der Waals surface area (Å²) in [7, 11) is 0. The van der Waals surface area contributed by atoms with Crippen LogP contribution in [0.5, 0.6) is 0 Å². The van der Waals surface area contributed by atoms with Gasteiger partial charge >= 0.3 is 0 Å². The number of aliphatic hydroxyl groups excluding tert-OH is 2. The minimum absolute atomic E-state index is 0.0168. The van der Waals surface area contributed by atoms with Gasteiger partial charge in [-0.15, -0.1) is 0 Å². The molecule has 0 atom stereocenters. The van der Waals surface area contributed by atoms with Crippen molar-refractivity contribution < 1.29 is 10.2 Å². The summed E-state index contributed by atoms with van der Waals surface area (Å²) in [6, 6.07) is 0. The molecular formula is C13H29NO2. The van der Waals surface area contributed by atoms with Crippen molar-refractivity contribution in [2.24, 2.45) is 5.41 Å². The molecular weight excluding hydrogens is 202 g/mol. The van der Waals surface area contributed by atoms with Crippen LogP contribution in [-0.4, -0.2) is 48.0 Å². The Morgan fingerprint density at radius 1 is 1.00 bits per heavy atom. The van der Waals surface area contributed by atoms with Gasteiger partial charge in [0.25, 0.3) is 0 Å². The Kier molecular flexibility index (Phi) is 8.90. The number of nitrogens with zero attached hydrogens (tertiary/aromatic N) is 1. The lowest BCUT2D eigenvalue weighted by atomic mass is 9.82. The fraction of sp³-hybridized carbons (Fsp3) is 1.00. The van der Waals surface area contributed by atoms with E-state index in [-0.39, 0.29) is 18.6 Å². The number of rotatable bonds is 10. The summed E-state index contributed by atoms with van der Waals surface area (Å²) in [4.78, 5) is 2.28. The highest BCUT2D eigenvalue weighted by molar-refractivity contribution is 4.80. The van der Waals surface area contributed by atoms with Gasteiger partial charge in [-0.05, 0) is 25.8 Å². The average molecular weight is 231 g/mol. The van der Waals surface area contributed by atoms with Gasteiger partial charge in [0.2, 0.25) is 0 Å². The Morgan fingerprint density at radius 2 is 1.62 bits per heavy atom. The Labute approximate surface area is 100 Å². The van der Waals surface area contributed by atoms with Crippen molar-refractivity contribution in [3.8, 4) is 0 Å². The number of hydrogen-bond acceptors (Lipinski definition) is 3. The van der Waals surface area contributed by atoms with E-state index in [2.05, 4.69) is 25.7 Å². The standard InChI is InChI=1S/C13H29NO2/c1-4-7-8-14(9-10-15)11-13(5-2,6-3)12-16/h15-16H,4-12H2,1-3H3. The molecule has 0 rings (SSSR count). The number of aliphatic hydroxyl groups is 2. The highest BCUT2D eigenvalue weighted by atomic mass is 16.3. The van der Waals surface area contributed by atoms with Crippen molar-refractivity contribution in [3.63, 3.8) is 0 Å². The van der Waals surface area contributed by atoms with E-state index in [1.54, 1.807) is 0 Å². The zero-order chi connectivity index (χ0) is 12.4. The second-order valence-corrected chi connectivity index (χ2v) is 4.72. The largest absolute Gasteiger partial charge is 0.396 e. The maximum absolute atomic E-state index is 9.53. The molecule has 0 heterocycles. The first-order chi connectivity index (χ1) is 7.67. The van der Waals surface area contributed by atoms with Gasteiger partial charge < -0.3 is 15.1 Å². The van der Waals surface area contributed by atoms with Gasteiger partial charge in [0.15, 0.2) is 0 Å². The SMILES string of the molecule is CCCCN(CCO)CC(CC)(CC)CO. The topological polar surface area (TPSA) is 43.7 Å². The van der Waals surface area contributed by atoms with E-state index in [1.807, 2.05) is 0 Å². The van der Waals surface area contributed by atoms with Crippen molar-refractivity contribution in [2.75, 3.05) is 32.8 Å². The molecule has 0 fully saturated rings. The van der Waals surface area contributed by atoms with Crippen LogP contribution in [0.15, 0.2) is 0 Å². The fourth-order valence-electron chi connectivity index (χ4n) is 2.01. The van der Waals surface area contributed by atoms with Crippen LogP contribution in [0.25, 0.3) is 0 Å². The van der Waals surface area contributed by atoms with Crippen LogP contribution in [0.4, 0.5) is 0 Å². The summed E-state index contributed by atoms with van der Waals surface area (Å²) in [5.41, 5.74) is 0.0168. The first-order valence-electron chi connectivity index (χ1n) is 6.62. The highest BCUT2D eigenvalue weighted by Crippen LogP contribution is 2.26. The van der Waals surface area contributed by atoms with E-state index in [1.165, 1.54) is 6.42 Å². The monoisotopic (exact) mass is 231 g/mol. The first-order valence-corrected chi connectivity index (χ1v) is 6.62. The van der Waals surface area contributed by atoms with Crippen LogP contribution < -0.4 is 0 Å². The van der Waals surface area contributed by atoms with Gasteiger partial charge in [-0.3, -0.25) is 0 Å². The van der Waals surface area contributed by atoms with Crippen LogP contribution in [0.3, 0.4) is 0 Å². The first kappa shape index (κ1) is 15.9. The molecule has 0 aromatic heterocycles. The third kappa shape index (κ3) is 5.28. The quantitative estimate of drug-likeness (QED) is 0.603. The third-order valence-electron chi connectivity index (χ3n) is 3.64. The van der Waals surface area contributed by atoms with E-state index < -0.39 is 0 Å². The molecule has 98 valence electrons. The highest BCUT2D eigenvalue weighted by Gasteiger charge is 2.27. The molecule has 0 saturated heterocycles. The molecule has 0 aliphatic carbocycles. The minimum atomic E-state index is 0.0168. The normalized spacial score (nSPS) is 12.4. The molecule has 3 nitrogen and oxygen atoms in total. The van der Waals surface area contributed by atoms with Crippen LogP contribution in [0.2, 0.25) is 0 Å². The van der Waals surface area contributed by atoms with Gasteiger partial charge in [-0.1, -0.05) is 27.2 Å². The van der Waals surface area contributed by atoms with Crippen LogP contribution in [0, 0.1) is 5.41 Å². The molecule has 3 heteroatoms. The molecule has 0 bridgehead atoms. The van der Waals surface area contributed by atoms with Crippen LogP contribution >= 0.6 is 0 Å². The van der Waals surface area contributed by atoms with Gasteiger partial charge in [0.05, 0.1) is 6.61 Å². The maximum atomic E-state index is 9.53. The van der Waals surface area contributed by atoms with Crippen molar-refractivity contribution in [2.45, 2.75) is 46.5 Å². The molecule has 16 heavy (non-hydrogen) atoms. The lowest BCUT2D eigenvalue weighted by Gasteiger charge is -2.35. The summed E-state index contributed by atoms with van der Waals surface area (Å²) in [6.45, 7) is 9.55. The Morgan fingerprint density at radius 3 is 2.00 bits per heavy atom. The predicted octanol–water partition coefficient (Wildman–Crippen LogP) is 1.88. The third-order valence-corrected chi connectivity index (χ3v) is 3.64. The lowest BCUT2D eigenvalue weighted by Crippen LogP contribution is -2.41. The van der Waals surface area contributed by atoms with E-state index in [0.717, 1.165) is 38.9 Å². The van der Waals surface area contributed by atoms with Crippen molar-refractivity contribution in [1.29, 1.82) is 0 Å². The molecule has 0 unspecified atom stereocenters. The smallest absolute Gasteiger partial charge is 0.0558 e. The zero-order valence-electron chi connectivity index (χ0n) is 11.2. The van der Waals surface area contributed by atoms with Crippen molar-refractivity contribution in [3.05, 3.63) is 0 Å². The van der Waals surface area contributed by atoms with Gasteiger partial charge in [0.1, 0.15) is 0 Å². The van der Waals surface area contributed by atoms with Crippen LogP contribution in [0.1, 0.15) is 46.5 Å². The maximum Gasteiger partial charge on any atom is 0.0558 e. The van der Waals surface area contributed by atoms with E-state index in [0.29, 0.717) is 0 Å². The Balaban J connectivity index is 4.31. The van der Waals surface area contributed by atoms with E-state index >= 15 is 0 Å². The summed E-state index contributed by atoms with van der Waals surface area (Å²) < 4.78 is 0. The summed E-state index contributed by atoms with van der Waals surface area (Å²) >= 11 is 0. The molecule has 0 aromatic carbocycles. The molecule has 0 saturated carbocycles. The second-order valence-electron chi connectivity index (χ2n) is 4.72. The summed E-state index contributed by atoms with van der Waals surface area (Å²) in [6.07, 6.45) is 4.32. The van der Waals surface area contributed by atoms with Gasteiger partial charge in [-0.2, -0.15) is 0 Å². The summed E-state index contributed by atoms with van der Waals surface area (Å²) in [5.74, 6) is 0. The Bertz CT molecular complexity index is 150. The molecule has 0 spiro atoms. The molecule has 0 radical (unpaired) electrons. The zero-order valence-corrected chi connectivity index (χ0v) is 11.2.